The number of carbonyl (C=O) groups excluding carboxylic acids is 2. The Balaban J connectivity index is 2.01. The molecule has 100 valence electrons. The number of carbonyl (C=O) groups is 2. The van der Waals surface area contributed by atoms with E-state index in [1.165, 1.54) is 11.8 Å². The van der Waals surface area contributed by atoms with Crippen molar-refractivity contribution < 1.29 is 9.59 Å². The van der Waals surface area contributed by atoms with Gasteiger partial charge in [0.2, 0.25) is 0 Å². The molecule has 4 nitrogen and oxygen atoms in total. The summed E-state index contributed by atoms with van der Waals surface area (Å²) in [5.41, 5.74) is 0.885. The molecular formula is C13H6BrClN2O2S. The highest BCUT2D eigenvalue weighted by atomic mass is 79.9. The Morgan fingerprint density at radius 2 is 2.10 bits per heavy atom. The van der Waals surface area contributed by atoms with Gasteiger partial charge in [-0.2, -0.15) is 0 Å². The van der Waals surface area contributed by atoms with Crippen LogP contribution in [0, 0.1) is 0 Å². The summed E-state index contributed by atoms with van der Waals surface area (Å²) < 4.78 is 0.716. The average Bonchev–Trinajstić information content (AvgIpc) is 2.69. The maximum atomic E-state index is 11.6. The Bertz CT molecular complexity index is 751. The third kappa shape index (κ3) is 2.34. The summed E-state index contributed by atoms with van der Waals surface area (Å²) in [4.78, 5) is 28.0. The molecule has 1 aliphatic heterocycles. The molecule has 0 aliphatic carbocycles. The Morgan fingerprint density at radius 1 is 1.30 bits per heavy atom. The normalized spacial score (nSPS) is 13.3. The van der Waals surface area contributed by atoms with Crippen LogP contribution in [0.2, 0.25) is 5.02 Å². The average molecular weight is 370 g/mol. The first-order chi connectivity index (χ1) is 9.56. The van der Waals surface area contributed by atoms with Gasteiger partial charge in [0.25, 0.3) is 11.7 Å². The maximum absolute atomic E-state index is 11.6. The molecular weight excluding hydrogens is 364 g/mol. The number of rotatable bonds is 2. The van der Waals surface area contributed by atoms with Gasteiger partial charge in [-0.3, -0.25) is 9.59 Å². The highest BCUT2D eigenvalue weighted by molar-refractivity contribution is 9.10. The van der Waals surface area contributed by atoms with Gasteiger partial charge in [-0.05, 0) is 40.2 Å². The zero-order valence-corrected chi connectivity index (χ0v) is 13.0. The summed E-state index contributed by atoms with van der Waals surface area (Å²) in [6.45, 7) is 0. The van der Waals surface area contributed by atoms with E-state index in [0.717, 1.165) is 4.90 Å². The lowest BCUT2D eigenvalue weighted by molar-refractivity contribution is -0.112. The standard InChI is InChI=1S/C13H6BrClN2O2S/c14-7-4-6-9(17-12(19)11(6)18)5-10(7)20-13-8(15)2-1-3-16-13/h1-5H,(H,17,18,19). The van der Waals surface area contributed by atoms with Gasteiger partial charge in [0.1, 0.15) is 5.03 Å². The van der Waals surface area contributed by atoms with Crippen molar-refractivity contribution in [3.63, 3.8) is 0 Å². The molecule has 0 saturated heterocycles. The summed E-state index contributed by atoms with van der Waals surface area (Å²) in [5.74, 6) is -1.13. The van der Waals surface area contributed by atoms with Gasteiger partial charge in [0.05, 0.1) is 16.3 Å². The zero-order valence-electron chi connectivity index (χ0n) is 9.81. The van der Waals surface area contributed by atoms with Crippen LogP contribution in [0.3, 0.4) is 0 Å². The monoisotopic (exact) mass is 368 g/mol. The number of amides is 1. The van der Waals surface area contributed by atoms with Gasteiger partial charge >= 0.3 is 0 Å². The Labute approximate surface area is 132 Å². The van der Waals surface area contributed by atoms with E-state index in [1.807, 2.05) is 0 Å². The van der Waals surface area contributed by atoms with Gasteiger partial charge in [0, 0.05) is 15.6 Å². The van der Waals surface area contributed by atoms with E-state index in [2.05, 4.69) is 26.2 Å². The molecule has 0 radical (unpaired) electrons. The van der Waals surface area contributed by atoms with E-state index in [0.29, 0.717) is 25.8 Å². The minimum atomic E-state index is -0.607. The molecule has 7 heteroatoms. The van der Waals surface area contributed by atoms with Gasteiger partial charge in [0.15, 0.2) is 0 Å². The number of fused-ring (bicyclic) bond motifs is 1. The lowest BCUT2D eigenvalue weighted by Crippen LogP contribution is -2.12. The Kier molecular flexibility index (Phi) is 3.54. The Hall–Kier alpha value is -1.37. The van der Waals surface area contributed by atoms with Crippen molar-refractivity contribution in [3.8, 4) is 0 Å². The smallest absolute Gasteiger partial charge is 0.296 e. The molecule has 20 heavy (non-hydrogen) atoms. The van der Waals surface area contributed by atoms with Crippen LogP contribution in [-0.4, -0.2) is 16.7 Å². The zero-order chi connectivity index (χ0) is 14.3. The first kappa shape index (κ1) is 13.6. The van der Waals surface area contributed by atoms with E-state index < -0.39 is 11.7 Å². The summed E-state index contributed by atoms with van der Waals surface area (Å²) in [7, 11) is 0. The number of benzene rings is 1. The number of hydrogen-bond acceptors (Lipinski definition) is 4. The quantitative estimate of drug-likeness (QED) is 0.818. The number of aromatic nitrogens is 1. The first-order valence-corrected chi connectivity index (χ1v) is 7.52. The van der Waals surface area contributed by atoms with Crippen LogP contribution in [0.4, 0.5) is 5.69 Å². The second-order valence-corrected chi connectivity index (χ2v) is 6.30. The molecule has 2 heterocycles. The van der Waals surface area contributed by atoms with Crippen molar-refractivity contribution in [2.24, 2.45) is 0 Å². The van der Waals surface area contributed by atoms with Crippen molar-refractivity contribution in [1.29, 1.82) is 0 Å². The van der Waals surface area contributed by atoms with Crippen molar-refractivity contribution >= 4 is 56.7 Å². The highest BCUT2D eigenvalue weighted by Gasteiger charge is 2.29. The van der Waals surface area contributed by atoms with Crippen LogP contribution in [0.5, 0.6) is 0 Å². The molecule has 0 bridgehead atoms. The number of halogens is 2. The van der Waals surface area contributed by atoms with E-state index in [9.17, 15) is 9.59 Å². The molecule has 0 fully saturated rings. The second-order valence-electron chi connectivity index (χ2n) is 4.00. The van der Waals surface area contributed by atoms with E-state index in [4.69, 9.17) is 11.6 Å². The minimum absolute atomic E-state index is 0.373. The number of nitrogens with one attached hydrogen (secondary N) is 1. The summed E-state index contributed by atoms with van der Waals surface area (Å²) >= 11 is 10.8. The fourth-order valence-corrected chi connectivity index (χ4v) is 3.42. The molecule has 0 unspecified atom stereocenters. The van der Waals surface area contributed by atoms with Crippen molar-refractivity contribution in [3.05, 3.63) is 45.5 Å². The van der Waals surface area contributed by atoms with Crippen molar-refractivity contribution in [2.45, 2.75) is 9.92 Å². The van der Waals surface area contributed by atoms with Crippen LogP contribution < -0.4 is 5.32 Å². The number of pyridine rings is 1. The highest BCUT2D eigenvalue weighted by Crippen LogP contribution is 2.39. The van der Waals surface area contributed by atoms with Crippen LogP contribution in [0.25, 0.3) is 0 Å². The van der Waals surface area contributed by atoms with E-state index in [1.54, 1.807) is 30.5 Å². The second kappa shape index (κ2) is 5.20. The third-order valence-corrected chi connectivity index (χ3v) is 5.11. The minimum Gasteiger partial charge on any atom is -0.318 e. The lowest BCUT2D eigenvalue weighted by atomic mass is 10.1. The largest absolute Gasteiger partial charge is 0.318 e. The topological polar surface area (TPSA) is 59.1 Å². The number of nitrogens with zero attached hydrogens (tertiary/aromatic N) is 1. The molecule has 1 N–H and O–H groups in total. The molecule has 1 amide bonds. The predicted molar refractivity (Wildman–Crippen MR) is 80.5 cm³/mol. The van der Waals surface area contributed by atoms with Crippen molar-refractivity contribution in [1.82, 2.24) is 4.98 Å². The molecule has 1 aromatic heterocycles. The number of hydrogen-bond donors (Lipinski definition) is 1. The summed E-state index contributed by atoms with van der Waals surface area (Å²) in [6.07, 6.45) is 1.65. The molecule has 0 saturated carbocycles. The van der Waals surface area contributed by atoms with Crippen LogP contribution in [-0.2, 0) is 4.79 Å². The Morgan fingerprint density at radius 3 is 2.85 bits per heavy atom. The molecule has 1 aliphatic rings. The number of Topliss-reactive ketones (excluding diaryl/α,β-unsaturated/α-hetero) is 1. The van der Waals surface area contributed by atoms with Crippen LogP contribution >= 0.6 is 39.3 Å². The predicted octanol–water partition coefficient (Wildman–Crippen LogP) is 3.78. The molecule has 3 rings (SSSR count). The van der Waals surface area contributed by atoms with Gasteiger partial charge < -0.3 is 5.32 Å². The van der Waals surface area contributed by atoms with E-state index >= 15 is 0 Å². The molecule has 0 atom stereocenters. The molecule has 2 aromatic rings. The van der Waals surface area contributed by atoms with E-state index in [-0.39, 0.29) is 0 Å². The van der Waals surface area contributed by atoms with Crippen LogP contribution in [0.1, 0.15) is 10.4 Å². The maximum Gasteiger partial charge on any atom is 0.296 e. The van der Waals surface area contributed by atoms with Gasteiger partial charge in [-0.15, -0.1) is 0 Å². The summed E-state index contributed by atoms with van der Waals surface area (Å²) in [6, 6.07) is 6.87. The number of ketones is 1. The van der Waals surface area contributed by atoms with Crippen LogP contribution in [0.15, 0.2) is 44.9 Å². The van der Waals surface area contributed by atoms with Crippen molar-refractivity contribution in [2.75, 3.05) is 5.32 Å². The summed E-state index contributed by atoms with van der Waals surface area (Å²) in [5, 5.41) is 3.74. The number of anilines is 1. The fourth-order valence-electron chi connectivity index (χ4n) is 1.77. The van der Waals surface area contributed by atoms with Gasteiger partial charge in [-0.25, -0.2) is 4.98 Å². The lowest BCUT2D eigenvalue weighted by Gasteiger charge is -2.07. The first-order valence-electron chi connectivity index (χ1n) is 5.54. The molecule has 0 spiro atoms. The third-order valence-electron chi connectivity index (χ3n) is 2.70. The van der Waals surface area contributed by atoms with Gasteiger partial charge in [-0.1, -0.05) is 23.4 Å². The molecule has 1 aromatic carbocycles. The fraction of sp³-hybridized carbons (Fsp3) is 0. The SMILES string of the molecule is O=C1Nc2cc(Sc3ncccc3Cl)c(Br)cc2C1=O.